The third kappa shape index (κ3) is 7.11. The van der Waals surface area contributed by atoms with Gasteiger partial charge in [0.05, 0.1) is 24.5 Å². The summed E-state index contributed by atoms with van der Waals surface area (Å²) in [6.45, 7) is 4.46. The molecule has 0 radical (unpaired) electrons. The first-order chi connectivity index (χ1) is 16.7. The van der Waals surface area contributed by atoms with E-state index in [1.54, 1.807) is 23.3 Å². The van der Waals surface area contributed by atoms with Crippen LogP contribution in [-0.4, -0.2) is 39.1 Å². The van der Waals surface area contributed by atoms with Crippen LogP contribution in [0.3, 0.4) is 0 Å². The number of benzene rings is 2. The van der Waals surface area contributed by atoms with Crippen LogP contribution in [0.5, 0.6) is 0 Å². The van der Waals surface area contributed by atoms with Crippen molar-refractivity contribution in [2.24, 2.45) is 0 Å². The molecule has 1 unspecified atom stereocenters. The maximum Gasteiger partial charge on any atom is 0.232 e. The lowest BCUT2D eigenvalue weighted by molar-refractivity contribution is -0.134. The predicted octanol–water partition coefficient (Wildman–Crippen LogP) is 5.22. The number of rotatable bonds is 12. The van der Waals surface area contributed by atoms with E-state index in [1.807, 2.05) is 81.4 Å². The monoisotopic (exact) mass is 497 g/mol. The number of nitrogens with zero attached hydrogens (tertiary/aromatic N) is 2. The average Bonchev–Trinajstić information content (AvgIpc) is 3.32. The minimum atomic E-state index is -3.43. The molecule has 0 saturated heterocycles. The number of anilines is 2. The summed E-state index contributed by atoms with van der Waals surface area (Å²) in [6, 6.07) is 18.9. The second-order valence-corrected chi connectivity index (χ2v) is 10.6. The van der Waals surface area contributed by atoms with Crippen molar-refractivity contribution in [3.8, 4) is 0 Å². The Morgan fingerprint density at radius 1 is 1.00 bits per heavy atom. The van der Waals surface area contributed by atoms with Gasteiger partial charge in [-0.3, -0.25) is 9.52 Å². The Labute approximate surface area is 208 Å². The van der Waals surface area contributed by atoms with Gasteiger partial charge in [0, 0.05) is 32.0 Å². The van der Waals surface area contributed by atoms with Crippen LogP contribution in [0.15, 0.2) is 71.3 Å². The first-order valence-electron chi connectivity index (χ1n) is 11.9. The highest BCUT2D eigenvalue weighted by atomic mass is 32.2. The lowest BCUT2D eigenvalue weighted by Gasteiger charge is -2.29. The second kappa shape index (κ2) is 11.9. The Bertz CT molecular complexity index is 1190. The quantitative estimate of drug-likeness (QED) is 0.371. The van der Waals surface area contributed by atoms with Gasteiger partial charge in [-0.1, -0.05) is 44.2 Å². The van der Waals surface area contributed by atoms with Crippen LogP contribution in [0.2, 0.25) is 0 Å². The van der Waals surface area contributed by atoms with E-state index in [2.05, 4.69) is 4.72 Å². The molecular weight excluding hydrogens is 462 g/mol. The smallest absolute Gasteiger partial charge is 0.232 e. The number of carbonyl (C=O) groups is 1. The number of hydrogen-bond donors (Lipinski definition) is 1. The maximum atomic E-state index is 13.8. The molecule has 2 aromatic carbocycles. The van der Waals surface area contributed by atoms with Gasteiger partial charge in [0.25, 0.3) is 0 Å². The molecule has 3 aromatic rings. The Hall–Kier alpha value is -3.26. The fourth-order valence-electron chi connectivity index (χ4n) is 4.18. The molecule has 188 valence electrons. The van der Waals surface area contributed by atoms with Gasteiger partial charge in [-0.2, -0.15) is 0 Å². The standard InChI is InChI=1S/C27H35N3O4S/c1-5-17-35(32,33)28-23-14-15-26(29(3)4)22(18-23)19-30(20-24-13-10-16-34-24)27(31)25(6-2)21-11-8-7-9-12-21/h7-16,18,25,28H,5-6,17,19-20H2,1-4H3. The summed E-state index contributed by atoms with van der Waals surface area (Å²) >= 11 is 0. The average molecular weight is 498 g/mol. The molecule has 8 heteroatoms. The van der Waals surface area contributed by atoms with Crippen molar-refractivity contribution < 1.29 is 17.6 Å². The number of carbonyl (C=O) groups excluding carboxylic acids is 1. The summed E-state index contributed by atoms with van der Waals surface area (Å²) in [5, 5.41) is 0. The van der Waals surface area contributed by atoms with E-state index in [0.29, 0.717) is 37.4 Å². The molecule has 0 bridgehead atoms. The lowest BCUT2D eigenvalue weighted by Crippen LogP contribution is -2.34. The number of hydrogen-bond acceptors (Lipinski definition) is 5. The maximum absolute atomic E-state index is 13.8. The van der Waals surface area contributed by atoms with Gasteiger partial charge in [0.15, 0.2) is 0 Å². The summed E-state index contributed by atoms with van der Waals surface area (Å²) in [5.74, 6) is 0.445. The Morgan fingerprint density at radius 3 is 2.34 bits per heavy atom. The number of amides is 1. The van der Waals surface area contributed by atoms with Gasteiger partial charge in [-0.05, 0) is 54.3 Å². The van der Waals surface area contributed by atoms with Gasteiger partial charge >= 0.3 is 0 Å². The van der Waals surface area contributed by atoms with Crippen molar-refractivity contribution in [2.45, 2.75) is 45.7 Å². The summed E-state index contributed by atoms with van der Waals surface area (Å²) in [7, 11) is 0.423. The molecule has 3 rings (SSSR count). The number of furan rings is 1. The molecule has 1 amide bonds. The first-order valence-corrected chi connectivity index (χ1v) is 13.6. The second-order valence-electron chi connectivity index (χ2n) is 8.80. The van der Waals surface area contributed by atoms with Gasteiger partial charge in [0.1, 0.15) is 5.76 Å². The summed E-state index contributed by atoms with van der Waals surface area (Å²) < 4.78 is 33.0. The van der Waals surface area contributed by atoms with Crippen molar-refractivity contribution in [3.63, 3.8) is 0 Å². The molecule has 0 aliphatic rings. The van der Waals surface area contributed by atoms with E-state index in [0.717, 1.165) is 16.8 Å². The van der Waals surface area contributed by atoms with Crippen LogP contribution < -0.4 is 9.62 Å². The zero-order chi connectivity index (χ0) is 25.4. The Kier molecular flexibility index (Phi) is 8.98. The van der Waals surface area contributed by atoms with E-state index in [4.69, 9.17) is 4.42 Å². The highest BCUT2D eigenvalue weighted by Crippen LogP contribution is 2.29. The molecule has 0 saturated carbocycles. The van der Waals surface area contributed by atoms with Gasteiger partial charge in [0.2, 0.25) is 15.9 Å². The fraction of sp³-hybridized carbons (Fsp3) is 0.370. The molecule has 0 fully saturated rings. The van der Waals surface area contributed by atoms with Gasteiger partial charge in [-0.15, -0.1) is 0 Å². The molecule has 0 spiro atoms. The lowest BCUT2D eigenvalue weighted by atomic mass is 9.94. The Morgan fingerprint density at radius 2 is 1.74 bits per heavy atom. The van der Waals surface area contributed by atoms with E-state index in [-0.39, 0.29) is 17.6 Å². The van der Waals surface area contributed by atoms with Crippen LogP contribution in [-0.2, 0) is 27.9 Å². The summed E-state index contributed by atoms with van der Waals surface area (Å²) in [5.41, 5.74) is 3.21. The molecule has 1 N–H and O–H groups in total. The minimum absolute atomic E-state index is 0.00299. The van der Waals surface area contributed by atoms with E-state index in [1.165, 1.54) is 0 Å². The highest BCUT2D eigenvalue weighted by molar-refractivity contribution is 7.92. The normalized spacial score (nSPS) is 12.2. The minimum Gasteiger partial charge on any atom is -0.467 e. The van der Waals surface area contributed by atoms with Crippen molar-refractivity contribution in [1.82, 2.24) is 4.90 Å². The highest BCUT2D eigenvalue weighted by Gasteiger charge is 2.26. The molecule has 7 nitrogen and oxygen atoms in total. The molecule has 35 heavy (non-hydrogen) atoms. The third-order valence-corrected chi connectivity index (χ3v) is 7.31. The zero-order valence-electron chi connectivity index (χ0n) is 20.9. The third-order valence-electron chi connectivity index (χ3n) is 5.82. The van der Waals surface area contributed by atoms with Crippen molar-refractivity contribution in [1.29, 1.82) is 0 Å². The van der Waals surface area contributed by atoms with Crippen LogP contribution in [0, 0.1) is 0 Å². The molecular formula is C27H35N3O4S. The van der Waals surface area contributed by atoms with E-state index >= 15 is 0 Å². The molecule has 1 atom stereocenters. The fourth-order valence-corrected chi connectivity index (χ4v) is 5.30. The van der Waals surface area contributed by atoms with E-state index in [9.17, 15) is 13.2 Å². The van der Waals surface area contributed by atoms with Crippen LogP contribution >= 0.6 is 0 Å². The summed E-state index contributed by atoms with van der Waals surface area (Å²) in [4.78, 5) is 17.6. The van der Waals surface area contributed by atoms with Crippen molar-refractivity contribution >= 4 is 27.3 Å². The molecule has 0 aliphatic heterocycles. The van der Waals surface area contributed by atoms with Gasteiger partial charge < -0.3 is 14.2 Å². The van der Waals surface area contributed by atoms with E-state index < -0.39 is 10.0 Å². The van der Waals surface area contributed by atoms with Crippen molar-refractivity contribution in [3.05, 3.63) is 83.8 Å². The van der Waals surface area contributed by atoms with Crippen molar-refractivity contribution in [2.75, 3.05) is 29.5 Å². The topological polar surface area (TPSA) is 82.9 Å². The first kappa shape index (κ1) is 26.3. The Balaban J connectivity index is 1.98. The van der Waals surface area contributed by atoms with Gasteiger partial charge in [-0.25, -0.2) is 8.42 Å². The predicted molar refractivity (Wildman–Crippen MR) is 141 cm³/mol. The zero-order valence-corrected chi connectivity index (χ0v) is 21.7. The van der Waals surface area contributed by atoms with Crippen LogP contribution in [0.1, 0.15) is 49.5 Å². The molecule has 1 heterocycles. The largest absolute Gasteiger partial charge is 0.467 e. The summed E-state index contributed by atoms with van der Waals surface area (Å²) in [6.07, 6.45) is 2.79. The van der Waals surface area contributed by atoms with Crippen LogP contribution in [0.25, 0.3) is 0 Å². The van der Waals surface area contributed by atoms with Crippen LogP contribution in [0.4, 0.5) is 11.4 Å². The number of nitrogens with one attached hydrogen (secondary N) is 1. The number of sulfonamides is 1. The SMILES string of the molecule is CCCS(=O)(=O)Nc1ccc(N(C)C)c(CN(Cc2ccco2)C(=O)C(CC)c2ccccc2)c1. The molecule has 1 aromatic heterocycles. The molecule has 0 aliphatic carbocycles.